The summed E-state index contributed by atoms with van der Waals surface area (Å²) in [6.45, 7) is 0. The summed E-state index contributed by atoms with van der Waals surface area (Å²) in [4.78, 5) is 0. The van der Waals surface area contributed by atoms with E-state index in [0.29, 0.717) is 0 Å². The number of alkyl halides is 4. The van der Waals surface area contributed by atoms with Crippen molar-refractivity contribution in [1.82, 2.24) is 0 Å². The van der Waals surface area contributed by atoms with Gasteiger partial charge in [-0.25, -0.2) is 0 Å². The third kappa shape index (κ3) is 2.72. The Kier molecular flexibility index (Phi) is 3.93. The molecule has 90 valence electrons. The largest absolute Gasteiger partial charge is 0.418 e. The maximum absolute atomic E-state index is 12.5. The molecule has 0 radical (unpaired) electrons. The summed E-state index contributed by atoms with van der Waals surface area (Å²) < 4.78 is 37.6. The molecule has 0 aliphatic carbocycles. The Balaban J connectivity index is 3.33. The minimum atomic E-state index is -4.62. The van der Waals surface area contributed by atoms with E-state index in [9.17, 15) is 18.3 Å². The van der Waals surface area contributed by atoms with E-state index in [4.69, 9.17) is 28.9 Å². The lowest BCUT2D eigenvalue weighted by atomic mass is 10.0. The van der Waals surface area contributed by atoms with Crippen molar-refractivity contribution < 1.29 is 18.3 Å². The van der Waals surface area contributed by atoms with E-state index in [-0.39, 0.29) is 16.5 Å². The van der Waals surface area contributed by atoms with Crippen molar-refractivity contribution in [3.63, 3.8) is 0 Å². The van der Waals surface area contributed by atoms with Crippen LogP contribution in [-0.4, -0.2) is 11.0 Å². The molecule has 1 aromatic rings. The molecule has 3 N–H and O–H groups in total. The maximum Gasteiger partial charge on any atom is 0.418 e. The van der Waals surface area contributed by atoms with Crippen LogP contribution in [-0.2, 0) is 6.18 Å². The third-order valence-corrected chi connectivity index (χ3v) is 2.59. The molecule has 0 saturated carbocycles. The van der Waals surface area contributed by atoms with Crippen LogP contribution >= 0.6 is 23.2 Å². The van der Waals surface area contributed by atoms with Gasteiger partial charge in [0.05, 0.1) is 28.3 Å². The number of aliphatic hydroxyl groups excluding tert-OH is 1. The van der Waals surface area contributed by atoms with E-state index in [2.05, 4.69) is 0 Å². The Hall–Kier alpha value is -0.650. The molecular formula is C9H8Cl2F3NO. The molecule has 1 unspecified atom stereocenters. The normalized spacial score (nSPS) is 13.9. The van der Waals surface area contributed by atoms with Crippen LogP contribution in [0.2, 0.25) is 5.02 Å². The minimum absolute atomic E-state index is 0.0125. The van der Waals surface area contributed by atoms with Crippen molar-refractivity contribution in [2.24, 2.45) is 0 Å². The second-order valence-corrected chi connectivity index (χ2v) is 3.85. The topological polar surface area (TPSA) is 46.2 Å². The SMILES string of the molecule is Nc1c(Cl)cc(C(O)CCl)cc1C(F)(F)F. The zero-order valence-electron chi connectivity index (χ0n) is 7.85. The number of nitrogen functional groups attached to an aromatic ring is 1. The first kappa shape index (κ1) is 13.4. The van der Waals surface area contributed by atoms with Crippen molar-refractivity contribution in [2.75, 3.05) is 11.6 Å². The highest BCUT2D eigenvalue weighted by molar-refractivity contribution is 6.33. The van der Waals surface area contributed by atoms with E-state index < -0.39 is 23.5 Å². The van der Waals surface area contributed by atoms with Gasteiger partial charge in [0.2, 0.25) is 0 Å². The summed E-state index contributed by atoms with van der Waals surface area (Å²) in [5.41, 5.74) is 3.57. The van der Waals surface area contributed by atoms with Gasteiger partial charge in [0.1, 0.15) is 0 Å². The first-order valence-electron chi connectivity index (χ1n) is 4.17. The molecule has 0 aliphatic heterocycles. The summed E-state index contributed by atoms with van der Waals surface area (Å²) in [5.74, 6) is -0.225. The van der Waals surface area contributed by atoms with Gasteiger partial charge < -0.3 is 10.8 Å². The Morgan fingerprint density at radius 1 is 1.38 bits per heavy atom. The molecule has 7 heteroatoms. The summed E-state index contributed by atoms with van der Waals surface area (Å²) in [7, 11) is 0. The predicted molar refractivity (Wildman–Crippen MR) is 56.5 cm³/mol. The summed E-state index contributed by atoms with van der Waals surface area (Å²) >= 11 is 10.9. The molecule has 0 spiro atoms. The number of nitrogens with two attached hydrogens (primary N) is 1. The monoisotopic (exact) mass is 273 g/mol. The highest BCUT2D eigenvalue weighted by Crippen LogP contribution is 2.38. The maximum atomic E-state index is 12.5. The number of rotatable bonds is 2. The van der Waals surface area contributed by atoms with Gasteiger partial charge in [0, 0.05) is 0 Å². The van der Waals surface area contributed by atoms with Crippen LogP contribution in [0.1, 0.15) is 17.2 Å². The zero-order valence-corrected chi connectivity index (χ0v) is 9.37. The Morgan fingerprint density at radius 3 is 2.38 bits per heavy atom. The van der Waals surface area contributed by atoms with E-state index in [1.165, 1.54) is 6.07 Å². The molecule has 0 fully saturated rings. The fourth-order valence-corrected chi connectivity index (χ4v) is 1.56. The van der Waals surface area contributed by atoms with Crippen LogP contribution in [0.4, 0.5) is 18.9 Å². The lowest BCUT2D eigenvalue weighted by molar-refractivity contribution is -0.137. The first-order chi connectivity index (χ1) is 7.27. The van der Waals surface area contributed by atoms with Crippen LogP contribution in [0.25, 0.3) is 0 Å². The quantitative estimate of drug-likeness (QED) is 0.642. The van der Waals surface area contributed by atoms with Gasteiger partial charge in [-0.05, 0) is 17.7 Å². The van der Waals surface area contributed by atoms with Crippen LogP contribution < -0.4 is 5.73 Å². The molecule has 0 amide bonds. The van der Waals surface area contributed by atoms with Gasteiger partial charge in [0.25, 0.3) is 0 Å². The van der Waals surface area contributed by atoms with E-state index >= 15 is 0 Å². The molecule has 0 heterocycles. The van der Waals surface area contributed by atoms with E-state index in [0.717, 1.165) is 6.07 Å². The van der Waals surface area contributed by atoms with Crippen LogP contribution in [0.5, 0.6) is 0 Å². The highest BCUT2D eigenvalue weighted by Gasteiger charge is 2.34. The average Bonchev–Trinajstić information content (AvgIpc) is 2.18. The first-order valence-corrected chi connectivity index (χ1v) is 5.08. The number of benzene rings is 1. The van der Waals surface area contributed by atoms with Crippen molar-refractivity contribution >= 4 is 28.9 Å². The van der Waals surface area contributed by atoms with Crippen LogP contribution in [0.15, 0.2) is 12.1 Å². The van der Waals surface area contributed by atoms with Crippen LogP contribution in [0.3, 0.4) is 0 Å². The molecule has 16 heavy (non-hydrogen) atoms. The number of hydrogen-bond donors (Lipinski definition) is 2. The lowest BCUT2D eigenvalue weighted by Gasteiger charge is -2.15. The van der Waals surface area contributed by atoms with Gasteiger partial charge in [-0.15, -0.1) is 11.6 Å². The fourth-order valence-electron chi connectivity index (χ4n) is 1.15. The van der Waals surface area contributed by atoms with Crippen molar-refractivity contribution in [3.05, 3.63) is 28.3 Å². The number of halogens is 5. The Labute approximate surface area is 99.8 Å². The highest BCUT2D eigenvalue weighted by atomic mass is 35.5. The lowest BCUT2D eigenvalue weighted by Crippen LogP contribution is -2.11. The van der Waals surface area contributed by atoms with Gasteiger partial charge in [-0.2, -0.15) is 13.2 Å². The number of aliphatic hydroxyl groups is 1. The molecule has 0 saturated heterocycles. The van der Waals surface area contributed by atoms with Crippen LogP contribution in [0, 0.1) is 0 Å². The summed E-state index contributed by atoms with van der Waals surface area (Å²) in [6, 6.07) is 1.91. The standard InChI is InChI=1S/C9H8Cl2F3NO/c10-3-7(16)4-1-5(9(12,13)14)8(15)6(11)2-4/h1-2,7,16H,3,15H2. The van der Waals surface area contributed by atoms with Crippen molar-refractivity contribution in [1.29, 1.82) is 0 Å². The molecular weight excluding hydrogens is 266 g/mol. The Bertz CT molecular complexity index is 395. The molecule has 2 nitrogen and oxygen atoms in total. The molecule has 0 aromatic heterocycles. The minimum Gasteiger partial charge on any atom is -0.397 e. The van der Waals surface area contributed by atoms with Gasteiger partial charge in [-0.1, -0.05) is 11.6 Å². The summed E-state index contributed by atoms with van der Waals surface area (Å²) in [6.07, 6.45) is -5.82. The van der Waals surface area contributed by atoms with Crippen molar-refractivity contribution in [2.45, 2.75) is 12.3 Å². The summed E-state index contributed by atoms with van der Waals surface area (Å²) in [5, 5.41) is 9.08. The van der Waals surface area contributed by atoms with Gasteiger partial charge in [0.15, 0.2) is 0 Å². The molecule has 0 aliphatic rings. The van der Waals surface area contributed by atoms with E-state index in [1.807, 2.05) is 0 Å². The molecule has 1 aromatic carbocycles. The molecule has 1 atom stereocenters. The second-order valence-electron chi connectivity index (χ2n) is 3.13. The smallest absolute Gasteiger partial charge is 0.397 e. The van der Waals surface area contributed by atoms with Crippen molar-refractivity contribution in [3.8, 4) is 0 Å². The second kappa shape index (κ2) is 4.69. The molecule has 1 rings (SSSR count). The number of anilines is 1. The number of hydrogen-bond acceptors (Lipinski definition) is 2. The molecule has 0 bridgehead atoms. The van der Waals surface area contributed by atoms with Gasteiger partial charge in [-0.3, -0.25) is 0 Å². The predicted octanol–water partition coefficient (Wildman–Crippen LogP) is 3.21. The van der Waals surface area contributed by atoms with E-state index in [1.54, 1.807) is 0 Å². The Morgan fingerprint density at radius 2 is 1.94 bits per heavy atom. The van der Waals surface area contributed by atoms with Gasteiger partial charge >= 0.3 is 6.18 Å². The zero-order chi connectivity index (χ0) is 12.5. The third-order valence-electron chi connectivity index (χ3n) is 1.99. The fraction of sp³-hybridized carbons (Fsp3) is 0.333. The average molecular weight is 274 g/mol.